The SMILES string of the molecule is COCCOC1(CNC2CC2)CCCCCC1. The Labute approximate surface area is 105 Å². The second-order valence-corrected chi connectivity index (χ2v) is 5.59. The monoisotopic (exact) mass is 241 g/mol. The zero-order valence-corrected chi connectivity index (χ0v) is 11.2. The van der Waals surface area contributed by atoms with Gasteiger partial charge in [0, 0.05) is 19.7 Å². The second-order valence-electron chi connectivity index (χ2n) is 5.59. The van der Waals surface area contributed by atoms with Crippen LogP contribution in [0, 0.1) is 0 Å². The fraction of sp³-hybridized carbons (Fsp3) is 1.00. The predicted molar refractivity (Wildman–Crippen MR) is 69.3 cm³/mol. The Hall–Kier alpha value is -0.120. The largest absolute Gasteiger partial charge is 0.382 e. The summed E-state index contributed by atoms with van der Waals surface area (Å²) in [5.74, 6) is 0. The van der Waals surface area contributed by atoms with Crippen molar-refractivity contribution in [3.63, 3.8) is 0 Å². The molecule has 0 amide bonds. The van der Waals surface area contributed by atoms with Gasteiger partial charge in [-0.1, -0.05) is 25.7 Å². The Morgan fingerprint density at radius 2 is 1.76 bits per heavy atom. The minimum absolute atomic E-state index is 0.0949. The maximum atomic E-state index is 6.18. The van der Waals surface area contributed by atoms with Crippen molar-refractivity contribution in [2.24, 2.45) is 0 Å². The van der Waals surface area contributed by atoms with Crippen LogP contribution in [0.25, 0.3) is 0 Å². The van der Waals surface area contributed by atoms with E-state index in [0.717, 1.165) is 19.2 Å². The molecule has 0 radical (unpaired) electrons. The van der Waals surface area contributed by atoms with E-state index in [2.05, 4.69) is 5.32 Å². The van der Waals surface area contributed by atoms with E-state index < -0.39 is 0 Å². The molecule has 3 heteroatoms. The molecule has 0 spiro atoms. The van der Waals surface area contributed by atoms with Gasteiger partial charge >= 0.3 is 0 Å². The predicted octanol–water partition coefficient (Wildman–Crippen LogP) is 2.49. The van der Waals surface area contributed by atoms with Crippen LogP contribution in [0.5, 0.6) is 0 Å². The van der Waals surface area contributed by atoms with E-state index in [1.54, 1.807) is 7.11 Å². The number of rotatable bonds is 7. The lowest BCUT2D eigenvalue weighted by atomic mass is 9.94. The van der Waals surface area contributed by atoms with Gasteiger partial charge < -0.3 is 14.8 Å². The highest BCUT2D eigenvalue weighted by Crippen LogP contribution is 2.31. The van der Waals surface area contributed by atoms with Gasteiger partial charge in [0.15, 0.2) is 0 Å². The quantitative estimate of drug-likeness (QED) is 0.549. The Morgan fingerprint density at radius 3 is 2.35 bits per heavy atom. The average molecular weight is 241 g/mol. The first-order chi connectivity index (χ1) is 8.35. The third kappa shape index (κ3) is 4.57. The van der Waals surface area contributed by atoms with Crippen LogP contribution in [0.1, 0.15) is 51.4 Å². The molecule has 100 valence electrons. The van der Waals surface area contributed by atoms with Crippen LogP contribution in [0.4, 0.5) is 0 Å². The van der Waals surface area contributed by atoms with E-state index in [4.69, 9.17) is 9.47 Å². The Morgan fingerprint density at radius 1 is 1.06 bits per heavy atom. The molecule has 0 aromatic rings. The molecular weight excluding hydrogens is 214 g/mol. The van der Waals surface area contributed by atoms with Gasteiger partial charge in [-0.25, -0.2) is 0 Å². The van der Waals surface area contributed by atoms with Crippen LogP contribution >= 0.6 is 0 Å². The molecule has 0 unspecified atom stereocenters. The molecule has 2 aliphatic rings. The van der Waals surface area contributed by atoms with Crippen LogP contribution in [0.3, 0.4) is 0 Å². The topological polar surface area (TPSA) is 30.5 Å². The van der Waals surface area contributed by atoms with E-state index in [0.29, 0.717) is 6.61 Å². The van der Waals surface area contributed by atoms with Crippen molar-refractivity contribution in [2.45, 2.75) is 63.0 Å². The number of ether oxygens (including phenoxy) is 2. The lowest BCUT2D eigenvalue weighted by molar-refractivity contribution is -0.0708. The van der Waals surface area contributed by atoms with Gasteiger partial charge in [-0.05, 0) is 25.7 Å². The second kappa shape index (κ2) is 6.72. The molecule has 0 aromatic carbocycles. The summed E-state index contributed by atoms with van der Waals surface area (Å²) in [6.07, 6.45) is 10.5. The summed E-state index contributed by atoms with van der Waals surface area (Å²) >= 11 is 0. The van der Waals surface area contributed by atoms with Crippen molar-refractivity contribution in [3.8, 4) is 0 Å². The van der Waals surface area contributed by atoms with E-state index in [1.165, 1.54) is 51.4 Å². The summed E-state index contributed by atoms with van der Waals surface area (Å²) in [4.78, 5) is 0. The third-order valence-electron chi connectivity index (χ3n) is 4.00. The smallest absolute Gasteiger partial charge is 0.0807 e. The number of nitrogens with one attached hydrogen (secondary N) is 1. The first-order valence-corrected chi connectivity index (χ1v) is 7.21. The zero-order chi connectivity index (χ0) is 12.0. The molecule has 0 saturated heterocycles. The number of methoxy groups -OCH3 is 1. The maximum absolute atomic E-state index is 6.18. The molecule has 0 bridgehead atoms. The first kappa shape index (κ1) is 13.3. The highest BCUT2D eigenvalue weighted by molar-refractivity contribution is 4.90. The van der Waals surface area contributed by atoms with E-state index >= 15 is 0 Å². The van der Waals surface area contributed by atoms with Crippen LogP contribution < -0.4 is 5.32 Å². The lowest BCUT2D eigenvalue weighted by Gasteiger charge is -2.33. The molecule has 2 fully saturated rings. The Kier molecular flexibility index (Phi) is 5.26. The van der Waals surface area contributed by atoms with Crippen LogP contribution in [-0.2, 0) is 9.47 Å². The summed E-state index contributed by atoms with van der Waals surface area (Å²) in [6.45, 7) is 2.50. The molecule has 2 aliphatic carbocycles. The van der Waals surface area contributed by atoms with Crippen molar-refractivity contribution in [1.29, 1.82) is 0 Å². The summed E-state index contributed by atoms with van der Waals surface area (Å²) in [6, 6.07) is 0.779. The van der Waals surface area contributed by atoms with Crippen LogP contribution in [0.2, 0.25) is 0 Å². The summed E-state index contributed by atoms with van der Waals surface area (Å²) < 4.78 is 11.3. The minimum atomic E-state index is 0.0949. The molecule has 3 nitrogen and oxygen atoms in total. The lowest BCUT2D eigenvalue weighted by Crippen LogP contribution is -2.44. The molecule has 1 N–H and O–H groups in total. The molecule has 17 heavy (non-hydrogen) atoms. The van der Waals surface area contributed by atoms with Gasteiger partial charge in [0.25, 0.3) is 0 Å². The normalized spacial score (nSPS) is 24.5. The van der Waals surface area contributed by atoms with Crippen LogP contribution in [-0.4, -0.2) is 38.5 Å². The van der Waals surface area contributed by atoms with E-state index in [1.807, 2.05) is 0 Å². The van der Waals surface area contributed by atoms with Crippen molar-refractivity contribution in [2.75, 3.05) is 26.9 Å². The highest BCUT2D eigenvalue weighted by atomic mass is 16.5. The molecule has 0 aromatic heterocycles. The van der Waals surface area contributed by atoms with Crippen molar-refractivity contribution in [3.05, 3.63) is 0 Å². The molecular formula is C14H27NO2. The van der Waals surface area contributed by atoms with Crippen molar-refractivity contribution < 1.29 is 9.47 Å². The van der Waals surface area contributed by atoms with Gasteiger partial charge in [0.2, 0.25) is 0 Å². The maximum Gasteiger partial charge on any atom is 0.0807 e. The van der Waals surface area contributed by atoms with Gasteiger partial charge in [0.1, 0.15) is 0 Å². The highest BCUT2D eigenvalue weighted by Gasteiger charge is 2.33. The van der Waals surface area contributed by atoms with Gasteiger partial charge in [0.05, 0.1) is 18.8 Å². The van der Waals surface area contributed by atoms with Gasteiger partial charge in [-0.3, -0.25) is 0 Å². The summed E-state index contributed by atoms with van der Waals surface area (Å²) in [7, 11) is 1.74. The average Bonchev–Trinajstić information content (AvgIpc) is 3.15. The van der Waals surface area contributed by atoms with E-state index in [9.17, 15) is 0 Å². The Balaban J connectivity index is 1.82. The molecule has 2 saturated carbocycles. The molecule has 2 rings (SSSR count). The Bertz CT molecular complexity index is 208. The number of hydrogen-bond donors (Lipinski definition) is 1. The summed E-state index contributed by atoms with van der Waals surface area (Å²) in [5.41, 5.74) is 0.0949. The van der Waals surface area contributed by atoms with E-state index in [-0.39, 0.29) is 5.60 Å². The first-order valence-electron chi connectivity index (χ1n) is 7.21. The standard InChI is InChI=1S/C14H27NO2/c1-16-10-11-17-14(12-15-13-6-7-13)8-4-2-3-5-9-14/h13,15H,2-12H2,1H3. The van der Waals surface area contributed by atoms with Crippen molar-refractivity contribution in [1.82, 2.24) is 5.32 Å². The van der Waals surface area contributed by atoms with Gasteiger partial charge in [-0.2, -0.15) is 0 Å². The zero-order valence-electron chi connectivity index (χ0n) is 11.2. The van der Waals surface area contributed by atoms with Crippen LogP contribution in [0.15, 0.2) is 0 Å². The fourth-order valence-corrected chi connectivity index (χ4v) is 2.70. The van der Waals surface area contributed by atoms with Gasteiger partial charge in [-0.15, -0.1) is 0 Å². The molecule has 0 atom stereocenters. The number of hydrogen-bond acceptors (Lipinski definition) is 3. The van der Waals surface area contributed by atoms with Crippen molar-refractivity contribution >= 4 is 0 Å². The fourth-order valence-electron chi connectivity index (χ4n) is 2.70. The minimum Gasteiger partial charge on any atom is -0.382 e. The molecule has 0 heterocycles. The summed E-state index contributed by atoms with van der Waals surface area (Å²) in [5, 5.41) is 3.66. The third-order valence-corrected chi connectivity index (χ3v) is 4.00. The molecule has 0 aliphatic heterocycles.